The summed E-state index contributed by atoms with van der Waals surface area (Å²) in [7, 11) is -3.33. The number of carbonyl (C=O) groups excluding carboxylic acids is 1. The van der Waals surface area contributed by atoms with Gasteiger partial charge in [0.05, 0.1) is 11.4 Å². The van der Waals surface area contributed by atoms with E-state index in [2.05, 4.69) is 17.4 Å². The van der Waals surface area contributed by atoms with Crippen LogP contribution in [0.4, 0.5) is 5.69 Å². The molecule has 1 N–H and O–H groups in total. The number of benzene rings is 2. The van der Waals surface area contributed by atoms with Gasteiger partial charge in [0.2, 0.25) is 10.0 Å². The molecule has 7 heteroatoms. The SMILES string of the molecule is Cc1ccc(C(=O)NCC2(c3ccccc3)CCOCC2)cc1N1CCCCS1(=O)=O. The molecule has 0 spiro atoms. The van der Waals surface area contributed by atoms with Crippen LogP contribution in [0.2, 0.25) is 0 Å². The monoisotopic (exact) mass is 442 g/mol. The molecule has 0 aromatic heterocycles. The summed E-state index contributed by atoms with van der Waals surface area (Å²) < 4.78 is 32.2. The Morgan fingerprint density at radius 2 is 1.84 bits per heavy atom. The number of ether oxygens (including phenoxy) is 1. The first kappa shape index (κ1) is 21.8. The number of hydrogen-bond acceptors (Lipinski definition) is 4. The molecule has 31 heavy (non-hydrogen) atoms. The van der Waals surface area contributed by atoms with Crippen LogP contribution in [0, 0.1) is 6.92 Å². The quantitative estimate of drug-likeness (QED) is 0.770. The van der Waals surface area contributed by atoms with Crippen LogP contribution >= 0.6 is 0 Å². The number of aryl methyl sites for hydroxylation is 1. The van der Waals surface area contributed by atoms with E-state index >= 15 is 0 Å². The van der Waals surface area contributed by atoms with Crippen LogP contribution in [0.15, 0.2) is 48.5 Å². The number of nitrogens with one attached hydrogen (secondary N) is 1. The standard InChI is InChI=1S/C24H30N2O4S/c1-19-9-10-20(17-22(19)26-13-5-6-16-31(26,28)29)23(27)25-18-24(11-14-30-15-12-24)21-7-3-2-4-8-21/h2-4,7-10,17H,5-6,11-16,18H2,1H3,(H,25,27). The molecule has 2 saturated heterocycles. The molecule has 2 aliphatic heterocycles. The molecule has 2 fully saturated rings. The van der Waals surface area contributed by atoms with Crippen molar-refractivity contribution in [3.05, 3.63) is 65.2 Å². The van der Waals surface area contributed by atoms with Gasteiger partial charge in [-0.3, -0.25) is 9.10 Å². The molecule has 0 radical (unpaired) electrons. The van der Waals surface area contributed by atoms with Gasteiger partial charge < -0.3 is 10.1 Å². The number of sulfonamides is 1. The second-order valence-corrected chi connectivity index (χ2v) is 10.6. The smallest absolute Gasteiger partial charge is 0.251 e. The van der Waals surface area contributed by atoms with Crippen LogP contribution < -0.4 is 9.62 Å². The third-order valence-electron chi connectivity index (χ3n) is 6.51. The zero-order chi connectivity index (χ0) is 21.9. The number of amides is 1. The summed E-state index contributed by atoms with van der Waals surface area (Å²) in [5, 5.41) is 3.12. The fraction of sp³-hybridized carbons (Fsp3) is 0.458. The van der Waals surface area contributed by atoms with E-state index in [1.165, 1.54) is 9.87 Å². The van der Waals surface area contributed by atoms with Gasteiger partial charge in [-0.2, -0.15) is 0 Å². The summed E-state index contributed by atoms with van der Waals surface area (Å²) in [5.41, 5.74) is 3.00. The van der Waals surface area contributed by atoms with Crippen molar-refractivity contribution in [1.82, 2.24) is 5.32 Å². The normalized spacial score (nSPS) is 20.2. The van der Waals surface area contributed by atoms with Gasteiger partial charge in [0.15, 0.2) is 0 Å². The van der Waals surface area contributed by atoms with Crippen LogP contribution in [-0.2, 0) is 20.2 Å². The van der Waals surface area contributed by atoms with Crippen molar-refractivity contribution in [2.45, 2.75) is 38.0 Å². The summed E-state index contributed by atoms with van der Waals surface area (Å²) in [5.74, 6) is -0.0256. The summed E-state index contributed by atoms with van der Waals surface area (Å²) in [6.45, 7) is 4.21. The van der Waals surface area contributed by atoms with E-state index in [1.807, 2.05) is 31.2 Å². The molecule has 166 valence electrons. The Hall–Kier alpha value is -2.38. The van der Waals surface area contributed by atoms with Crippen molar-refractivity contribution < 1.29 is 17.9 Å². The summed E-state index contributed by atoms with van der Waals surface area (Å²) in [4.78, 5) is 13.1. The summed E-state index contributed by atoms with van der Waals surface area (Å²) in [6, 6.07) is 15.6. The second-order valence-electron chi connectivity index (χ2n) is 8.54. The molecule has 2 heterocycles. The van der Waals surface area contributed by atoms with Gasteiger partial charge in [0, 0.05) is 37.3 Å². The molecule has 2 aliphatic rings. The molecule has 0 saturated carbocycles. The van der Waals surface area contributed by atoms with Gasteiger partial charge in [-0.25, -0.2) is 8.42 Å². The van der Waals surface area contributed by atoms with E-state index in [0.717, 1.165) is 24.8 Å². The first-order valence-corrected chi connectivity index (χ1v) is 12.5. The minimum absolute atomic E-state index is 0.154. The number of hydrogen-bond donors (Lipinski definition) is 1. The highest BCUT2D eigenvalue weighted by atomic mass is 32.2. The average molecular weight is 443 g/mol. The molecule has 0 bridgehead atoms. The van der Waals surface area contributed by atoms with E-state index in [-0.39, 0.29) is 17.1 Å². The number of carbonyl (C=O) groups is 1. The Morgan fingerprint density at radius 1 is 1.10 bits per heavy atom. The van der Waals surface area contributed by atoms with E-state index < -0.39 is 10.0 Å². The van der Waals surface area contributed by atoms with Gasteiger partial charge in [0.25, 0.3) is 5.91 Å². The van der Waals surface area contributed by atoms with E-state index in [0.29, 0.717) is 44.0 Å². The number of anilines is 1. The summed E-state index contributed by atoms with van der Waals surface area (Å²) >= 11 is 0. The lowest BCUT2D eigenvalue weighted by molar-refractivity contribution is 0.0487. The van der Waals surface area contributed by atoms with Crippen molar-refractivity contribution >= 4 is 21.6 Å². The van der Waals surface area contributed by atoms with E-state index in [1.54, 1.807) is 12.1 Å². The Kier molecular flexibility index (Phi) is 6.34. The van der Waals surface area contributed by atoms with E-state index in [9.17, 15) is 13.2 Å². The maximum absolute atomic E-state index is 13.1. The van der Waals surface area contributed by atoms with Crippen molar-refractivity contribution in [2.75, 3.05) is 36.4 Å². The molecular weight excluding hydrogens is 412 g/mol. The Bertz CT molecular complexity index is 1030. The highest BCUT2D eigenvalue weighted by molar-refractivity contribution is 7.92. The minimum Gasteiger partial charge on any atom is -0.381 e. The number of nitrogens with zero attached hydrogens (tertiary/aromatic N) is 1. The minimum atomic E-state index is -3.33. The van der Waals surface area contributed by atoms with Gasteiger partial charge in [-0.05, 0) is 55.9 Å². The second kappa shape index (κ2) is 9.01. The fourth-order valence-corrected chi connectivity index (χ4v) is 6.24. The third-order valence-corrected chi connectivity index (χ3v) is 8.37. The topological polar surface area (TPSA) is 75.7 Å². The average Bonchev–Trinajstić information content (AvgIpc) is 2.79. The highest BCUT2D eigenvalue weighted by Crippen LogP contribution is 2.34. The molecule has 6 nitrogen and oxygen atoms in total. The first-order chi connectivity index (χ1) is 14.9. The molecule has 2 aromatic carbocycles. The lowest BCUT2D eigenvalue weighted by Crippen LogP contribution is -2.44. The fourth-order valence-electron chi connectivity index (χ4n) is 4.55. The zero-order valence-corrected chi connectivity index (χ0v) is 18.8. The van der Waals surface area contributed by atoms with Gasteiger partial charge in [-0.1, -0.05) is 36.4 Å². The van der Waals surface area contributed by atoms with Gasteiger partial charge in [0.1, 0.15) is 0 Å². The number of rotatable bonds is 5. The Labute approximate surface area is 184 Å². The van der Waals surface area contributed by atoms with Gasteiger partial charge in [-0.15, -0.1) is 0 Å². The van der Waals surface area contributed by atoms with Crippen LogP contribution in [-0.4, -0.2) is 46.4 Å². The molecule has 4 rings (SSSR count). The van der Waals surface area contributed by atoms with Crippen molar-refractivity contribution in [3.8, 4) is 0 Å². The molecule has 1 amide bonds. The Balaban J connectivity index is 1.55. The van der Waals surface area contributed by atoms with Crippen LogP contribution in [0.1, 0.15) is 47.2 Å². The van der Waals surface area contributed by atoms with Crippen LogP contribution in [0.3, 0.4) is 0 Å². The van der Waals surface area contributed by atoms with E-state index in [4.69, 9.17) is 4.74 Å². The third kappa shape index (κ3) is 4.62. The highest BCUT2D eigenvalue weighted by Gasteiger charge is 2.35. The lowest BCUT2D eigenvalue weighted by Gasteiger charge is -2.38. The summed E-state index contributed by atoms with van der Waals surface area (Å²) in [6.07, 6.45) is 3.21. The molecule has 0 atom stereocenters. The van der Waals surface area contributed by atoms with Crippen molar-refractivity contribution in [2.24, 2.45) is 0 Å². The molecule has 2 aromatic rings. The lowest BCUT2D eigenvalue weighted by atomic mass is 9.74. The van der Waals surface area contributed by atoms with Crippen LogP contribution in [0.5, 0.6) is 0 Å². The zero-order valence-electron chi connectivity index (χ0n) is 18.0. The largest absolute Gasteiger partial charge is 0.381 e. The first-order valence-electron chi connectivity index (χ1n) is 10.9. The predicted octanol–water partition coefficient (Wildman–Crippen LogP) is 3.40. The molecule has 0 unspecified atom stereocenters. The van der Waals surface area contributed by atoms with Crippen molar-refractivity contribution in [1.29, 1.82) is 0 Å². The van der Waals surface area contributed by atoms with Crippen LogP contribution in [0.25, 0.3) is 0 Å². The van der Waals surface area contributed by atoms with Gasteiger partial charge >= 0.3 is 0 Å². The Morgan fingerprint density at radius 3 is 2.55 bits per heavy atom. The van der Waals surface area contributed by atoms with Crippen molar-refractivity contribution in [3.63, 3.8) is 0 Å². The maximum Gasteiger partial charge on any atom is 0.251 e. The molecule has 0 aliphatic carbocycles. The predicted molar refractivity (Wildman–Crippen MR) is 122 cm³/mol. The maximum atomic E-state index is 13.1. The molecular formula is C24H30N2O4S.